The Morgan fingerprint density at radius 3 is 2.88 bits per heavy atom. The Morgan fingerprint density at radius 1 is 1.36 bits per heavy atom. The van der Waals surface area contributed by atoms with Gasteiger partial charge in [0.05, 0.1) is 6.54 Å². The van der Waals surface area contributed by atoms with Gasteiger partial charge in [-0.05, 0) is 51.8 Å². The number of nitrogens with zero attached hydrogens (tertiary/aromatic N) is 3. The maximum atomic E-state index is 12.6. The van der Waals surface area contributed by atoms with Gasteiger partial charge in [-0.2, -0.15) is 5.10 Å². The number of aryl methyl sites for hydroxylation is 2. The summed E-state index contributed by atoms with van der Waals surface area (Å²) in [5, 5.41) is 8.02. The van der Waals surface area contributed by atoms with Gasteiger partial charge in [0.2, 0.25) is 0 Å². The predicted octanol–water partition coefficient (Wildman–Crippen LogP) is 2.23. The van der Waals surface area contributed by atoms with Gasteiger partial charge < -0.3 is 10.1 Å². The Morgan fingerprint density at radius 2 is 2.20 bits per heavy atom. The summed E-state index contributed by atoms with van der Waals surface area (Å²) in [4.78, 5) is 12.6. The molecular weight excluding hydrogens is 316 g/mol. The molecule has 6 heteroatoms. The molecule has 1 aromatic carbocycles. The third-order valence-electron chi connectivity index (χ3n) is 4.82. The molecule has 1 fully saturated rings. The third-order valence-corrected chi connectivity index (χ3v) is 4.82. The van der Waals surface area contributed by atoms with E-state index in [1.807, 2.05) is 26.0 Å². The lowest BCUT2D eigenvalue weighted by Crippen LogP contribution is -2.31. The number of nitrogens with one attached hydrogen (secondary N) is 1. The lowest BCUT2D eigenvalue weighted by atomic mass is 9.99. The van der Waals surface area contributed by atoms with Crippen LogP contribution in [-0.2, 0) is 13.1 Å². The average molecular weight is 344 g/mol. The van der Waals surface area contributed by atoms with Crippen molar-refractivity contribution in [1.82, 2.24) is 19.7 Å². The number of aromatic nitrogens is 3. The van der Waals surface area contributed by atoms with E-state index in [0.717, 1.165) is 43.1 Å². The highest BCUT2D eigenvalue weighted by atomic mass is 16.5. The number of hydrogen-bond acceptors (Lipinski definition) is 4. The number of benzene rings is 1. The van der Waals surface area contributed by atoms with Crippen molar-refractivity contribution in [2.24, 2.45) is 0 Å². The van der Waals surface area contributed by atoms with Crippen LogP contribution in [0.4, 0.5) is 0 Å². The Balaban J connectivity index is 1.70. The molecule has 0 saturated carbocycles. The summed E-state index contributed by atoms with van der Waals surface area (Å²) >= 11 is 0. The first-order valence-corrected chi connectivity index (χ1v) is 9.18. The fourth-order valence-electron chi connectivity index (χ4n) is 3.48. The van der Waals surface area contributed by atoms with Gasteiger partial charge in [-0.25, -0.2) is 9.48 Å². The fourth-order valence-corrected chi connectivity index (χ4v) is 3.48. The van der Waals surface area contributed by atoms with E-state index in [4.69, 9.17) is 4.74 Å². The molecule has 136 valence electrons. The summed E-state index contributed by atoms with van der Waals surface area (Å²) in [5.41, 5.74) is 2.29. The van der Waals surface area contributed by atoms with Gasteiger partial charge in [0.1, 0.15) is 18.2 Å². The number of hydrogen-bond donors (Lipinski definition) is 1. The summed E-state index contributed by atoms with van der Waals surface area (Å²) in [7, 11) is 0. The lowest BCUT2D eigenvalue weighted by Gasteiger charge is -2.21. The van der Waals surface area contributed by atoms with E-state index < -0.39 is 0 Å². The topological polar surface area (TPSA) is 61.1 Å². The second-order valence-electron chi connectivity index (χ2n) is 6.77. The van der Waals surface area contributed by atoms with Gasteiger partial charge >= 0.3 is 5.69 Å². The maximum absolute atomic E-state index is 12.6. The van der Waals surface area contributed by atoms with Crippen LogP contribution in [0.3, 0.4) is 0 Å². The molecule has 1 aliphatic rings. The minimum atomic E-state index is -0.0349. The molecule has 0 radical (unpaired) electrons. The van der Waals surface area contributed by atoms with Crippen LogP contribution in [0.1, 0.15) is 42.6 Å². The van der Waals surface area contributed by atoms with Crippen LogP contribution in [0.2, 0.25) is 0 Å². The van der Waals surface area contributed by atoms with Gasteiger partial charge in [-0.3, -0.25) is 4.57 Å². The summed E-state index contributed by atoms with van der Waals surface area (Å²) in [5.74, 6) is 2.10. The van der Waals surface area contributed by atoms with E-state index in [2.05, 4.69) is 23.4 Å². The van der Waals surface area contributed by atoms with Crippen molar-refractivity contribution < 1.29 is 4.74 Å². The monoisotopic (exact) mass is 344 g/mol. The van der Waals surface area contributed by atoms with E-state index in [-0.39, 0.29) is 5.69 Å². The molecule has 1 atom stereocenters. The van der Waals surface area contributed by atoms with Crippen molar-refractivity contribution in [2.45, 2.75) is 52.6 Å². The molecule has 1 N–H and O–H groups in total. The smallest absolute Gasteiger partial charge is 0.346 e. The molecule has 2 heterocycles. The predicted molar refractivity (Wildman–Crippen MR) is 98.4 cm³/mol. The Hall–Kier alpha value is -2.08. The van der Waals surface area contributed by atoms with E-state index in [1.54, 1.807) is 9.25 Å². The molecule has 1 aromatic heterocycles. The van der Waals surface area contributed by atoms with Crippen LogP contribution in [0.25, 0.3) is 0 Å². The number of piperidine rings is 1. The van der Waals surface area contributed by atoms with Crippen molar-refractivity contribution in [2.75, 3.05) is 19.7 Å². The van der Waals surface area contributed by atoms with Crippen LogP contribution in [-0.4, -0.2) is 34.0 Å². The van der Waals surface area contributed by atoms with E-state index >= 15 is 0 Å². The standard InChI is InChI=1S/C19H28N4O2/c1-4-22-18(16-6-5-9-20-13-16)21-23(19(22)24)10-11-25-17-8-7-14(2)12-15(17)3/h7-8,12,16,20H,4-6,9-11,13H2,1-3H3/t16-/m0/s1. The van der Waals surface area contributed by atoms with Crippen LogP contribution in [0, 0.1) is 13.8 Å². The minimum absolute atomic E-state index is 0.0349. The van der Waals surface area contributed by atoms with Crippen molar-refractivity contribution in [3.63, 3.8) is 0 Å². The zero-order valence-electron chi connectivity index (χ0n) is 15.4. The van der Waals surface area contributed by atoms with Crippen molar-refractivity contribution in [3.05, 3.63) is 45.6 Å². The van der Waals surface area contributed by atoms with Crippen LogP contribution in [0.15, 0.2) is 23.0 Å². The second-order valence-corrected chi connectivity index (χ2v) is 6.77. The van der Waals surface area contributed by atoms with Crippen LogP contribution in [0.5, 0.6) is 5.75 Å². The molecule has 3 rings (SSSR count). The largest absolute Gasteiger partial charge is 0.491 e. The Bertz CT molecular complexity index is 772. The van der Waals surface area contributed by atoms with E-state index in [9.17, 15) is 4.79 Å². The zero-order chi connectivity index (χ0) is 17.8. The molecule has 1 aliphatic heterocycles. The van der Waals surface area contributed by atoms with Crippen molar-refractivity contribution in [3.8, 4) is 5.75 Å². The number of rotatable bonds is 6. The molecule has 0 aliphatic carbocycles. The molecule has 1 saturated heterocycles. The molecule has 25 heavy (non-hydrogen) atoms. The fraction of sp³-hybridized carbons (Fsp3) is 0.579. The highest BCUT2D eigenvalue weighted by Gasteiger charge is 2.23. The van der Waals surface area contributed by atoms with E-state index in [1.165, 1.54) is 5.56 Å². The first kappa shape index (κ1) is 17.7. The molecular formula is C19H28N4O2. The molecule has 6 nitrogen and oxygen atoms in total. The quantitative estimate of drug-likeness (QED) is 0.873. The summed E-state index contributed by atoms with van der Waals surface area (Å²) < 4.78 is 9.21. The Kier molecular flexibility index (Phi) is 5.58. The van der Waals surface area contributed by atoms with Crippen molar-refractivity contribution >= 4 is 0 Å². The maximum Gasteiger partial charge on any atom is 0.346 e. The number of ether oxygens (including phenoxy) is 1. The molecule has 2 aromatic rings. The summed E-state index contributed by atoms with van der Waals surface area (Å²) in [6.07, 6.45) is 2.22. The Labute approximate surface area is 148 Å². The van der Waals surface area contributed by atoms with Crippen LogP contribution >= 0.6 is 0 Å². The van der Waals surface area contributed by atoms with Gasteiger partial charge in [-0.15, -0.1) is 0 Å². The summed E-state index contributed by atoms with van der Waals surface area (Å²) in [6.45, 7) is 9.61. The van der Waals surface area contributed by atoms with Gasteiger partial charge in [-0.1, -0.05) is 17.7 Å². The van der Waals surface area contributed by atoms with Gasteiger partial charge in [0.15, 0.2) is 0 Å². The van der Waals surface area contributed by atoms with E-state index in [0.29, 0.717) is 25.6 Å². The molecule has 0 spiro atoms. The zero-order valence-corrected chi connectivity index (χ0v) is 15.4. The van der Waals surface area contributed by atoms with Crippen LogP contribution < -0.4 is 15.7 Å². The highest BCUT2D eigenvalue weighted by molar-refractivity contribution is 5.35. The molecule has 0 bridgehead atoms. The first-order valence-electron chi connectivity index (χ1n) is 9.18. The summed E-state index contributed by atoms with van der Waals surface area (Å²) in [6, 6.07) is 6.12. The van der Waals surface area contributed by atoms with Gasteiger partial charge in [0.25, 0.3) is 0 Å². The molecule has 0 amide bonds. The first-order chi connectivity index (χ1) is 12.1. The van der Waals surface area contributed by atoms with Crippen molar-refractivity contribution in [1.29, 1.82) is 0 Å². The third kappa shape index (κ3) is 3.95. The average Bonchev–Trinajstić information content (AvgIpc) is 2.93. The molecule has 0 unspecified atom stereocenters. The lowest BCUT2D eigenvalue weighted by molar-refractivity contribution is 0.286. The van der Waals surface area contributed by atoms with Gasteiger partial charge in [0, 0.05) is 19.0 Å². The SMILES string of the molecule is CCn1c([C@H]2CCCNC2)nn(CCOc2ccc(C)cc2C)c1=O. The highest BCUT2D eigenvalue weighted by Crippen LogP contribution is 2.21. The second kappa shape index (κ2) is 7.87. The normalized spacial score (nSPS) is 17.6. The minimum Gasteiger partial charge on any atom is -0.491 e.